The van der Waals surface area contributed by atoms with Crippen molar-refractivity contribution in [1.29, 1.82) is 0 Å². The van der Waals surface area contributed by atoms with Gasteiger partial charge in [-0.3, -0.25) is 0 Å². The van der Waals surface area contributed by atoms with Crippen LogP contribution < -0.4 is 4.90 Å². The summed E-state index contributed by atoms with van der Waals surface area (Å²) in [5.41, 5.74) is 3.41. The number of phenolic OH excluding ortho intramolecular Hbond substituents is 1. The second-order valence-electron chi connectivity index (χ2n) is 3.45. The standard InChI is InChI=1S/C10H13NO/c1-7-5-9-8(10(12)6-7)3-4-11(9)2/h5-6,12H,3-4H2,1-2H3. The van der Waals surface area contributed by atoms with Crippen molar-refractivity contribution in [2.75, 3.05) is 18.5 Å². The zero-order valence-electron chi connectivity index (χ0n) is 7.46. The zero-order chi connectivity index (χ0) is 8.72. The molecule has 1 aromatic rings. The van der Waals surface area contributed by atoms with E-state index in [4.69, 9.17) is 0 Å². The average molecular weight is 163 g/mol. The normalized spacial score (nSPS) is 15.0. The number of fused-ring (bicyclic) bond motifs is 1. The first-order valence-corrected chi connectivity index (χ1v) is 4.22. The van der Waals surface area contributed by atoms with Crippen LogP contribution in [0.15, 0.2) is 12.1 Å². The maximum absolute atomic E-state index is 9.60. The van der Waals surface area contributed by atoms with E-state index in [0.717, 1.165) is 24.1 Å². The Balaban J connectivity index is 2.60. The van der Waals surface area contributed by atoms with Crippen LogP contribution in [-0.2, 0) is 6.42 Å². The van der Waals surface area contributed by atoms with Crippen molar-refractivity contribution in [3.8, 4) is 5.75 Å². The quantitative estimate of drug-likeness (QED) is 0.629. The molecule has 0 saturated heterocycles. The lowest BCUT2D eigenvalue weighted by Gasteiger charge is -2.12. The lowest BCUT2D eigenvalue weighted by molar-refractivity contribution is 0.470. The molecule has 0 atom stereocenters. The Hall–Kier alpha value is -1.18. The molecule has 2 rings (SSSR count). The zero-order valence-corrected chi connectivity index (χ0v) is 7.46. The van der Waals surface area contributed by atoms with Gasteiger partial charge in [0, 0.05) is 24.8 Å². The fourth-order valence-corrected chi connectivity index (χ4v) is 1.78. The van der Waals surface area contributed by atoms with Crippen molar-refractivity contribution in [2.45, 2.75) is 13.3 Å². The lowest BCUT2D eigenvalue weighted by atomic mass is 10.1. The highest BCUT2D eigenvalue weighted by Gasteiger charge is 2.18. The number of hydrogen-bond acceptors (Lipinski definition) is 2. The van der Waals surface area contributed by atoms with Gasteiger partial charge in [-0.15, -0.1) is 0 Å². The minimum absolute atomic E-state index is 0.453. The third-order valence-electron chi connectivity index (χ3n) is 2.46. The molecule has 12 heavy (non-hydrogen) atoms. The van der Waals surface area contributed by atoms with Gasteiger partial charge in [-0.2, -0.15) is 0 Å². The second-order valence-corrected chi connectivity index (χ2v) is 3.45. The van der Waals surface area contributed by atoms with E-state index in [1.165, 1.54) is 5.69 Å². The third kappa shape index (κ3) is 0.951. The number of likely N-dealkylation sites (N-methyl/N-ethyl adjacent to an activating group) is 1. The number of aromatic hydroxyl groups is 1. The van der Waals surface area contributed by atoms with Crippen molar-refractivity contribution in [2.24, 2.45) is 0 Å². The summed E-state index contributed by atoms with van der Waals surface area (Å²) < 4.78 is 0. The van der Waals surface area contributed by atoms with Crippen LogP contribution in [0.3, 0.4) is 0 Å². The Kier molecular flexibility index (Phi) is 1.50. The fraction of sp³-hybridized carbons (Fsp3) is 0.400. The van der Waals surface area contributed by atoms with E-state index in [1.54, 1.807) is 0 Å². The summed E-state index contributed by atoms with van der Waals surface area (Å²) in [6.07, 6.45) is 0.970. The summed E-state index contributed by atoms with van der Waals surface area (Å²) in [5.74, 6) is 0.453. The molecule has 1 aromatic carbocycles. The largest absolute Gasteiger partial charge is 0.508 e. The van der Waals surface area contributed by atoms with Gasteiger partial charge in [0.15, 0.2) is 0 Å². The van der Waals surface area contributed by atoms with Gasteiger partial charge in [-0.05, 0) is 31.0 Å². The van der Waals surface area contributed by atoms with Gasteiger partial charge < -0.3 is 10.0 Å². The molecule has 0 bridgehead atoms. The molecule has 1 aliphatic heterocycles. The summed E-state index contributed by atoms with van der Waals surface area (Å²) >= 11 is 0. The van der Waals surface area contributed by atoms with Gasteiger partial charge in [-0.25, -0.2) is 0 Å². The minimum Gasteiger partial charge on any atom is -0.508 e. The Bertz CT molecular complexity index is 320. The lowest BCUT2D eigenvalue weighted by Crippen LogP contribution is -2.12. The van der Waals surface area contributed by atoms with Crippen LogP contribution in [0.4, 0.5) is 5.69 Å². The van der Waals surface area contributed by atoms with Crippen molar-refractivity contribution < 1.29 is 5.11 Å². The predicted molar refractivity (Wildman–Crippen MR) is 49.8 cm³/mol. The molecule has 0 fully saturated rings. The fourth-order valence-electron chi connectivity index (χ4n) is 1.78. The number of hydrogen-bond donors (Lipinski definition) is 1. The summed E-state index contributed by atoms with van der Waals surface area (Å²) in [7, 11) is 2.06. The Morgan fingerprint density at radius 3 is 2.92 bits per heavy atom. The monoisotopic (exact) mass is 163 g/mol. The first kappa shape index (κ1) is 7.47. The SMILES string of the molecule is Cc1cc(O)c2c(c1)N(C)CC2. The van der Waals surface area contributed by atoms with Crippen LogP contribution in [0.1, 0.15) is 11.1 Å². The first-order valence-electron chi connectivity index (χ1n) is 4.22. The molecule has 0 unspecified atom stereocenters. The van der Waals surface area contributed by atoms with Gasteiger partial charge in [0.2, 0.25) is 0 Å². The molecule has 0 aliphatic carbocycles. The van der Waals surface area contributed by atoms with Crippen LogP contribution in [-0.4, -0.2) is 18.7 Å². The summed E-state index contributed by atoms with van der Waals surface area (Å²) in [4.78, 5) is 2.18. The molecule has 1 aliphatic rings. The molecule has 0 amide bonds. The maximum atomic E-state index is 9.60. The van der Waals surface area contributed by atoms with E-state index in [-0.39, 0.29) is 0 Å². The predicted octanol–water partition coefficient (Wildman–Crippen LogP) is 1.69. The summed E-state index contributed by atoms with van der Waals surface area (Å²) in [6.45, 7) is 3.03. The molecular formula is C10H13NO. The summed E-state index contributed by atoms with van der Waals surface area (Å²) in [5, 5.41) is 9.60. The number of aryl methyl sites for hydroxylation is 1. The molecular weight excluding hydrogens is 150 g/mol. The van der Waals surface area contributed by atoms with Gasteiger partial charge in [0.05, 0.1) is 0 Å². The molecule has 0 spiro atoms. The Morgan fingerprint density at radius 1 is 1.42 bits per heavy atom. The van der Waals surface area contributed by atoms with Crippen LogP contribution in [0.2, 0.25) is 0 Å². The van der Waals surface area contributed by atoms with Gasteiger partial charge >= 0.3 is 0 Å². The Labute approximate surface area is 72.4 Å². The van der Waals surface area contributed by atoms with E-state index >= 15 is 0 Å². The molecule has 2 heteroatoms. The minimum atomic E-state index is 0.453. The maximum Gasteiger partial charge on any atom is 0.121 e. The molecule has 1 N–H and O–H groups in total. The van der Waals surface area contributed by atoms with Crippen molar-refractivity contribution >= 4 is 5.69 Å². The first-order chi connectivity index (χ1) is 5.68. The van der Waals surface area contributed by atoms with E-state index in [9.17, 15) is 5.11 Å². The number of rotatable bonds is 0. The highest BCUT2D eigenvalue weighted by Crippen LogP contribution is 2.34. The number of anilines is 1. The third-order valence-corrected chi connectivity index (χ3v) is 2.46. The summed E-state index contributed by atoms with van der Waals surface area (Å²) in [6, 6.07) is 3.96. The van der Waals surface area contributed by atoms with Crippen LogP contribution in [0, 0.1) is 6.92 Å². The van der Waals surface area contributed by atoms with Crippen LogP contribution >= 0.6 is 0 Å². The van der Waals surface area contributed by atoms with Crippen molar-refractivity contribution in [3.63, 3.8) is 0 Å². The molecule has 0 saturated carbocycles. The van der Waals surface area contributed by atoms with E-state index in [1.807, 2.05) is 13.0 Å². The number of phenols is 1. The van der Waals surface area contributed by atoms with Crippen molar-refractivity contribution in [1.82, 2.24) is 0 Å². The van der Waals surface area contributed by atoms with Gasteiger partial charge in [0.1, 0.15) is 5.75 Å². The Morgan fingerprint density at radius 2 is 2.17 bits per heavy atom. The van der Waals surface area contributed by atoms with Crippen LogP contribution in [0.5, 0.6) is 5.75 Å². The second kappa shape index (κ2) is 2.41. The highest BCUT2D eigenvalue weighted by molar-refractivity contribution is 5.63. The molecule has 2 nitrogen and oxygen atoms in total. The van der Waals surface area contributed by atoms with E-state index in [2.05, 4.69) is 18.0 Å². The van der Waals surface area contributed by atoms with E-state index < -0.39 is 0 Å². The number of nitrogens with zero attached hydrogens (tertiary/aromatic N) is 1. The smallest absolute Gasteiger partial charge is 0.121 e. The molecule has 64 valence electrons. The van der Waals surface area contributed by atoms with E-state index in [0.29, 0.717) is 5.75 Å². The van der Waals surface area contributed by atoms with Crippen molar-refractivity contribution in [3.05, 3.63) is 23.3 Å². The number of benzene rings is 1. The van der Waals surface area contributed by atoms with Gasteiger partial charge in [0.25, 0.3) is 0 Å². The van der Waals surface area contributed by atoms with Crippen LogP contribution in [0.25, 0.3) is 0 Å². The molecule has 1 heterocycles. The topological polar surface area (TPSA) is 23.5 Å². The highest BCUT2D eigenvalue weighted by atomic mass is 16.3. The molecule has 0 radical (unpaired) electrons. The van der Waals surface area contributed by atoms with Gasteiger partial charge in [-0.1, -0.05) is 0 Å². The molecule has 0 aromatic heterocycles. The average Bonchev–Trinajstić information content (AvgIpc) is 2.33.